The molecule has 1 aromatic rings. The van der Waals surface area contributed by atoms with Gasteiger partial charge in [-0.25, -0.2) is 0 Å². The molecule has 0 saturated heterocycles. The highest BCUT2D eigenvalue weighted by atomic mass is 16.3. The van der Waals surface area contributed by atoms with E-state index in [-0.39, 0.29) is 11.2 Å². The Bertz CT molecular complexity index is 564. The molecule has 0 spiro atoms. The second-order valence-electron chi connectivity index (χ2n) is 6.92. The molecule has 102 valence electrons. The van der Waals surface area contributed by atoms with Gasteiger partial charge in [-0.1, -0.05) is 13.8 Å². The topological polar surface area (TPSA) is 70.4 Å². The van der Waals surface area contributed by atoms with Crippen LogP contribution in [0, 0.1) is 11.3 Å². The average Bonchev–Trinajstić information content (AvgIpc) is 2.59. The lowest BCUT2D eigenvalue weighted by atomic mass is 9.65. The summed E-state index contributed by atoms with van der Waals surface area (Å²) in [6.07, 6.45) is 4.04. The lowest BCUT2D eigenvalue weighted by molar-refractivity contribution is -0.0941. The zero-order valence-corrected chi connectivity index (χ0v) is 11.5. The number of hydrogen-bond donors (Lipinski definition) is 2. The molecule has 0 unspecified atom stereocenters. The largest absolute Gasteiger partial charge is 0.385 e. The normalized spacial score (nSPS) is 39.8. The third kappa shape index (κ3) is 1.53. The number of fused-ring (bicyclic) bond motifs is 2. The molecule has 4 heteroatoms. The van der Waals surface area contributed by atoms with Crippen molar-refractivity contribution in [1.29, 1.82) is 0 Å². The maximum Gasteiger partial charge on any atom is 0.196 e. The van der Waals surface area contributed by atoms with Crippen LogP contribution < -0.4 is 0 Å². The zero-order chi connectivity index (χ0) is 14.1. The number of ketones is 1. The smallest absolute Gasteiger partial charge is 0.196 e. The summed E-state index contributed by atoms with van der Waals surface area (Å²) in [7, 11) is 0. The molecule has 2 N–H and O–H groups in total. The van der Waals surface area contributed by atoms with Gasteiger partial charge in [-0.05, 0) is 36.8 Å². The number of aromatic nitrogens is 1. The van der Waals surface area contributed by atoms with Crippen LogP contribution in [0.2, 0.25) is 0 Å². The zero-order valence-electron chi connectivity index (χ0n) is 11.5. The van der Waals surface area contributed by atoms with Crippen LogP contribution in [0.4, 0.5) is 0 Å². The summed E-state index contributed by atoms with van der Waals surface area (Å²) in [5.74, 6) is -0.755. The molecular weight excluding hydrogens is 242 g/mol. The van der Waals surface area contributed by atoms with Gasteiger partial charge in [-0.3, -0.25) is 9.78 Å². The van der Waals surface area contributed by atoms with Crippen LogP contribution in [0.1, 0.15) is 49.5 Å². The van der Waals surface area contributed by atoms with Gasteiger partial charge in [0.05, 0.1) is 5.60 Å². The standard InChI is InChI=1S/C15H19NO3/c1-13(2)6-11-14(3,18)10-4-5-16-7-9(10)12(17)15(11,19)8-13/h4-5,7,11,18-19H,6,8H2,1-3H3/t11-,14-,15+/m0/s1. The van der Waals surface area contributed by atoms with E-state index in [4.69, 9.17) is 0 Å². The summed E-state index contributed by atoms with van der Waals surface area (Å²) in [5.41, 5.74) is -1.89. The molecule has 2 aliphatic carbocycles. The molecule has 3 rings (SSSR count). The summed E-state index contributed by atoms with van der Waals surface area (Å²) in [5, 5.41) is 21.7. The quantitative estimate of drug-likeness (QED) is 0.745. The second kappa shape index (κ2) is 3.44. The third-order valence-electron chi connectivity index (χ3n) is 4.76. The van der Waals surface area contributed by atoms with Crippen molar-refractivity contribution in [3.05, 3.63) is 29.6 Å². The van der Waals surface area contributed by atoms with Crippen LogP contribution in [0.25, 0.3) is 0 Å². The van der Waals surface area contributed by atoms with Gasteiger partial charge >= 0.3 is 0 Å². The fourth-order valence-corrected chi connectivity index (χ4v) is 3.99. The summed E-state index contributed by atoms with van der Waals surface area (Å²) >= 11 is 0. The molecule has 0 bridgehead atoms. The molecule has 0 amide bonds. The lowest BCUT2D eigenvalue weighted by Gasteiger charge is -2.44. The van der Waals surface area contributed by atoms with Crippen LogP contribution >= 0.6 is 0 Å². The van der Waals surface area contributed by atoms with Gasteiger partial charge in [0.2, 0.25) is 0 Å². The highest BCUT2D eigenvalue weighted by Gasteiger charge is 2.63. The monoisotopic (exact) mass is 261 g/mol. The van der Waals surface area contributed by atoms with Gasteiger partial charge < -0.3 is 10.2 Å². The highest BCUT2D eigenvalue weighted by molar-refractivity contribution is 6.05. The van der Waals surface area contributed by atoms with Crippen molar-refractivity contribution < 1.29 is 15.0 Å². The number of aliphatic hydroxyl groups is 2. The lowest BCUT2D eigenvalue weighted by Crippen LogP contribution is -2.55. The van der Waals surface area contributed by atoms with Crippen molar-refractivity contribution in [2.24, 2.45) is 11.3 Å². The van der Waals surface area contributed by atoms with Crippen molar-refractivity contribution in [2.45, 2.75) is 44.8 Å². The third-order valence-corrected chi connectivity index (χ3v) is 4.76. The van der Waals surface area contributed by atoms with Crippen LogP contribution in [-0.2, 0) is 5.60 Å². The van der Waals surface area contributed by atoms with Crippen molar-refractivity contribution in [2.75, 3.05) is 0 Å². The SMILES string of the molecule is CC1(C)C[C@H]2[C@@](C)(O)c3ccncc3C(=O)[C@@]2(O)C1. The minimum atomic E-state index is -1.47. The Morgan fingerprint density at radius 2 is 2.00 bits per heavy atom. The Labute approximate surface area is 112 Å². The summed E-state index contributed by atoms with van der Waals surface area (Å²) in [4.78, 5) is 16.5. The number of pyridine rings is 1. The maximum absolute atomic E-state index is 12.6. The molecule has 1 saturated carbocycles. The van der Waals surface area contributed by atoms with E-state index in [0.717, 1.165) is 0 Å². The first-order valence-corrected chi connectivity index (χ1v) is 6.62. The van der Waals surface area contributed by atoms with E-state index in [1.807, 2.05) is 13.8 Å². The Balaban J connectivity index is 2.24. The fraction of sp³-hybridized carbons (Fsp3) is 0.600. The molecule has 4 nitrogen and oxygen atoms in total. The maximum atomic E-state index is 12.6. The van der Waals surface area contributed by atoms with Gasteiger partial charge in [0.15, 0.2) is 5.78 Å². The highest BCUT2D eigenvalue weighted by Crippen LogP contribution is 2.58. The Morgan fingerprint density at radius 3 is 2.68 bits per heavy atom. The number of hydrogen-bond acceptors (Lipinski definition) is 4. The molecule has 2 aliphatic rings. The van der Waals surface area contributed by atoms with Crippen molar-refractivity contribution >= 4 is 5.78 Å². The average molecular weight is 261 g/mol. The van der Waals surface area contributed by atoms with Crippen molar-refractivity contribution in [3.8, 4) is 0 Å². The van der Waals surface area contributed by atoms with E-state index in [1.165, 1.54) is 6.20 Å². The van der Waals surface area contributed by atoms with Gasteiger partial charge in [0.25, 0.3) is 0 Å². The summed E-state index contributed by atoms with van der Waals surface area (Å²) < 4.78 is 0. The number of Topliss-reactive ketones (excluding diaryl/α,β-unsaturated/α-hetero) is 1. The number of nitrogens with zero attached hydrogens (tertiary/aromatic N) is 1. The van der Waals surface area contributed by atoms with Gasteiger partial charge in [-0.15, -0.1) is 0 Å². The fourth-order valence-electron chi connectivity index (χ4n) is 3.99. The van der Waals surface area contributed by atoms with Crippen LogP contribution in [0.5, 0.6) is 0 Å². The molecule has 0 radical (unpaired) electrons. The summed E-state index contributed by atoms with van der Waals surface area (Å²) in [6.45, 7) is 5.74. The first kappa shape index (κ1) is 12.8. The predicted octanol–water partition coefficient (Wildman–Crippen LogP) is 1.65. The first-order valence-electron chi connectivity index (χ1n) is 6.62. The molecule has 0 aliphatic heterocycles. The number of rotatable bonds is 0. The molecular formula is C15H19NO3. The summed E-state index contributed by atoms with van der Waals surface area (Å²) in [6, 6.07) is 1.68. The van der Waals surface area contributed by atoms with E-state index in [2.05, 4.69) is 4.98 Å². The molecule has 19 heavy (non-hydrogen) atoms. The molecule has 1 aromatic heterocycles. The number of carbonyl (C=O) groups excluding carboxylic acids is 1. The van der Waals surface area contributed by atoms with Crippen LogP contribution in [0.3, 0.4) is 0 Å². The number of carbonyl (C=O) groups is 1. The molecule has 1 fully saturated rings. The van der Waals surface area contributed by atoms with E-state index >= 15 is 0 Å². The van der Waals surface area contributed by atoms with Crippen molar-refractivity contribution in [1.82, 2.24) is 4.98 Å². The van der Waals surface area contributed by atoms with Gasteiger partial charge in [0, 0.05) is 23.9 Å². The van der Waals surface area contributed by atoms with Crippen LogP contribution in [0.15, 0.2) is 18.5 Å². The van der Waals surface area contributed by atoms with E-state index in [0.29, 0.717) is 24.0 Å². The Morgan fingerprint density at radius 1 is 1.32 bits per heavy atom. The molecule has 1 heterocycles. The van der Waals surface area contributed by atoms with E-state index in [1.54, 1.807) is 19.2 Å². The molecule has 0 aromatic carbocycles. The van der Waals surface area contributed by atoms with Gasteiger partial charge in [0.1, 0.15) is 5.60 Å². The minimum Gasteiger partial charge on any atom is -0.385 e. The van der Waals surface area contributed by atoms with Crippen molar-refractivity contribution in [3.63, 3.8) is 0 Å². The van der Waals surface area contributed by atoms with Gasteiger partial charge in [-0.2, -0.15) is 0 Å². The van der Waals surface area contributed by atoms with E-state index < -0.39 is 17.1 Å². The predicted molar refractivity (Wildman–Crippen MR) is 69.6 cm³/mol. The van der Waals surface area contributed by atoms with E-state index in [9.17, 15) is 15.0 Å². The Kier molecular flexibility index (Phi) is 2.31. The molecule has 3 atom stereocenters. The van der Waals surface area contributed by atoms with Crippen LogP contribution in [-0.4, -0.2) is 26.6 Å². The Hall–Kier alpha value is -1.26. The minimum absolute atomic E-state index is 0.158. The second-order valence-corrected chi connectivity index (χ2v) is 6.92. The first-order chi connectivity index (χ1) is 8.68.